The number of hydrogen-bond donors (Lipinski definition) is 0. The lowest BCUT2D eigenvalue weighted by molar-refractivity contribution is -0.924. The van der Waals surface area contributed by atoms with E-state index in [1.54, 1.807) is 0 Å². The summed E-state index contributed by atoms with van der Waals surface area (Å²) in [5.41, 5.74) is 0. The minimum atomic E-state index is 0.903. The number of quaternary nitrogens is 1. The molecule has 66 valence electrons. The van der Waals surface area contributed by atoms with Crippen molar-refractivity contribution in [2.45, 2.75) is 19.9 Å². The summed E-state index contributed by atoms with van der Waals surface area (Å²) >= 11 is 0. The SMILES string of the molecule is CC[N+](C)(CC)C1CSSC1. The quantitative estimate of drug-likeness (QED) is 0.497. The van der Waals surface area contributed by atoms with Crippen molar-refractivity contribution in [3.8, 4) is 0 Å². The van der Waals surface area contributed by atoms with Gasteiger partial charge in [0.25, 0.3) is 0 Å². The molecule has 0 aromatic carbocycles. The maximum absolute atomic E-state index is 2.39. The fourth-order valence-electron chi connectivity index (χ4n) is 1.40. The molecule has 3 heteroatoms. The van der Waals surface area contributed by atoms with Gasteiger partial charge in [0.1, 0.15) is 6.04 Å². The maximum Gasteiger partial charge on any atom is 0.109 e. The van der Waals surface area contributed by atoms with Crippen LogP contribution in [0.5, 0.6) is 0 Å². The Labute approximate surface area is 77.9 Å². The molecule has 1 fully saturated rings. The summed E-state index contributed by atoms with van der Waals surface area (Å²) in [5, 5.41) is 0. The molecule has 11 heavy (non-hydrogen) atoms. The van der Waals surface area contributed by atoms with Crippen molar-refractivity contribution in [2.75, 3.05) is 31.6 Å². The van der Waals surface area contributed by atoms with E-state index in [2.05, 4.69) is 20.9 Å². The summed E-state index contributed by atoms with van der Waals surface area (Å²) in [6.45, 7) is 7.17. The summed E-state index contributed by atoms with van der Waals surface area (Å²) < 4.78 is 1.26. The zero-order chi connectivity index (χ0) is 8.32. The van der Waals surface area contributed by atoms with Crippen LogP contribution in [0.3, 0.4) is 0 Å². The van der Waals surface area contributed by atoms with E-state index >= 15 is 0 Å². The predicted octanol–water partition coefficient (Wildman–Crippen LogP) is 2.24. The Bertz CT molecular complexity index is 117. The van der Waals surface area contributed by atoms with Crippen LogP contribution in [0.1, 0.15) is 13.8 Å². The van der Waals surface area contributed by atoms with E-state index in [-0.39, 0.29) is 0 Å². The van der Waals surface area contributed by atoms with Crippen molar-refractivity contribution in [3.63, 3.8) is 0 Å². The van der Waals surface area contributed by atoms with E-state index < -0.39 is 0 Å². The molecule has 0 N–H and O–H groups in total. The standard InChI is InChI=1S/C8H18NS2/c1-4-9(3,5-2)8-6-10-11-7-8/h8H,4-7H2,1-3H3/q+1. The third-order valence-corrected chi connectivity index (χ3v) is 5.46. The molecule has 0 amide bonds. The van der Waals surface area contributed by atoms with E-state index in [4.69, 9.17) is 0 Å². The lowest BCUT2D eigenvalue weighted by Crippen LogP contribution is -2.53. The van der Waals surface area contributed by atoms with Gasteiger partial charge >= 0.3 is 0 Å². The second-order valence-corrected chi connectivity index (χ2v) is 5.89. The first-order valence-electron chi connectivity index (χ1n) is 4.31. The molecule has 1 heterocycles. The highest BCUT2D eigenvalue weighted by atomic mass is 33.1. The third kappa shape index (κ3) is 2.07. The summed E-state index contributed by atoms with van der Waals surface area (Å²) in [5.74, 6) is 2.70. The highest BCUT2D eigenvalue weighted by molar-refractivity contribution is 8.77. The predicted molar refractivity (Wildman–Crippen MR) is 56.0 cm³/mol. The van der Waals surface area contributed by atoms with Gasteiger partial charge in [-0.05, 0) is 13.8 Å². The third-order valence-electron chi connectivity index (χ3n) is 2.93. The molecule has 0 bridgehead atoms. The Morgan fingerprint density at radius 3 is 2.00 bits per heavy atom. The zero-order valence-electron chi connectivity index (χ0n) is 7.67. The molecular weight excluding hydrogens is 174 g/mol. The van der Waals surface area contributed by atoms with Gasteiger partial charge in [-0.15, -0.1) is 0 Å². The van der Waals surface area contributed by atoms with Crippen LogP contribution < -0.4 is 0 Å². The molecule has 1 aliphatic heterocycles. The molecule has 0 unspecified atom stereocenters. The lowest BCUT2D eigenvalue weighted by atomic mass is 10.2. The van der Waals surface area contributed by atoms with Crippen LogP contribution in [0.25, 0.3) is 0 Å². The van der Waals surface area contributed by atoms with Crippen molar-refractivity contribution in [2.24, 2.45) is 0 Å². The van der Waals surface area contributed by atoms with Gasteiger partial charge in [-0.2, -0.15) is 0 Å². The average Bonchev–Trinajstić information content (AvgIpc) is 2.55. The molecule has 0 atom stereocenters. The Balaban J connectivity index is 2.52. The van der Waals surface area contributed by atoms with Crippen molar-refractivity contribution >= 4 is 21.6 Å². The first kappa shape index (κ1) is 9.75. The Kier molecular flexibility index (Phi) is 3.59. The van der Waals surface area contributed by atoms with E-state index in [9.17, 15) is 0 Å². The molecular formula is C8H18NS2+. The van der Waals surface area contributed by atoms with Gasteiger partial charge in [-0.25, -0.2) is 0 Å². The lowest BCUT2D eigenvalue weighted by Gasteiger charge is -2.37. The minimum absolute atomic E-state index is 0.903. The van der Waals surface area contributed by atoms with Crippen LogP contribution >= 0.6 is 21.6 Å². The molecule has 1 aliphatic rings. The van der Waals surface area contributed by atoms with Gasteiger partial charge in [-0.1, -0.05) is 21.6 Å². The van der Waals surface area contributed by atoms with E-state index in [1.165, 1.54) is 29.1 Å². The van der Waals surface area contributed by atoms with Crippen LogP contribution in [0.15, 0.2) is 0 Å². The molecule has 0 radical (unpaired) electrons. The normalized spacial score (nSPS) is 21.0. The Morgan fingerprint density at radius 2 is 1.64 bits per heavy atom. The van der Waals surface area contributed by atoms with Crippen LogP contribution in [0.4, 0.5) is 0 Å². The number of rotatable bonds is 3. The van der Waals surface area contributed by atoms with Gasteiger partial charge in [0.05, 0.1) is 31.6 Å². The minimum Gasteiger partial charge on any atom is -0.323 e. The summed E-state index contributed by atoms with van der Waals surface area (Å²) in [6.07, 6.45) is 0. The number of nitrogens with zero attached hydrogens (tertiary/aromatic N) is 1. The van der Waals surface area contributed by atoms with Gasteiger partial charge in [0.2, 0.25) is 0 Å². The second kappa shape index (κ2) is 4.06. The first-order valence-corrected chi connectivity index (χ1v) is 6.80. The fraction of sp³-hybridized carbons (Fsp3) is 1.00. The molecule has 0 aliphatic carbocycles. The van der Waals surface area contributed by atoms with Crippen molar-refractivity contribution < 1.29 is 4.48 Å². The van der Waals surface area contributed by atoms with E-state index in [1.807, 2.05) is 21.6 Å². The summed E-state index contributed by atoms with van der Waals surface area (Å²) in [6, 6.07) is 0.903. The van der Waals surface area contributed by atoms with Gasteiger partial charge in [-0.3, -0.25) is 0 Å². The highest BCUT2D eigenvalue weighted by Gasteiger charge is 2.32. The molecule has 0 spiro atoms. The largest absolute Gasteiger partial charge is 0.323 e. The molecule has 0 saturated carbocycles. The van der Waals surface area contributed by atoms with Gasteiger partial charge in [0.15, 0.2) is 0 Å². The first-order chi connectivity index (χ1) is 5.23. The maximum atomic E-state index is 2.39. The smallest absolute Gasteiger partial charge is 0.109 e. The van der Waals surface area contributed by atoms with E-state index in [0.29, 0.717) is 0 Å². The number of hydrogen-bond acceptors (Lipinski definition) is 2. The summed E-state index contributed by atoms with van der Waals surface area (Å²) in [4.78, 5) is 0. The van der Waals surface area contributed by atoms with Crippen LogP contribution in [-0.2, 0) is 0 Å². The van der Waals surface area contributed by atoms with Crippen LogP contribution in [0, 0.1) is 0 Å². The average molecular weight is 192 g/mol. The van der Waals surface area contributed by atoms with Crippen LogP contribution in [0.2, 0.25) is 0 Å². The second-order valence-electron chi connectivity index (χ2n) is 3.33. The molecule has 1 rings (SSSR count). The van der Waals surface area contributed by atoms with Crippen molar-refractivity contribution in [1.29, 1.82) is 0 Å². The molecule has 1 nitrogen and oxygen atoms in total. The van der Waals surface area contributed by atoms with E-state index in [0.717, 1.165) is 6.04 Å². The van der Waals surface area contributed by atoms with Crippen LogP contribution in [-0.4, -0.2) is 42.2 Å². The molecule has 0 aromatic rings. The fourth-order valence-corrected chi connectivity index (χ4v) is 4.53. The Hall–Kier alpha value is 0.660. The van der Waals surface area contributed by atoms with Crippen molar-refractivity contribution in [1.82, 2.24) is 0 Å². The zero-order valence-corrected chi connectivity index (χ0v) is 9.30. The van der Waals surface area contributed by atoms with Gasteiger partial charge < -0.3 is 4.48 Å². The molecule has 1 saturated heterocycles. The highest BCUT2D eigenvalue weighted by Crippen LogP contribution is 2.35. The molecule has 0 aromatic heterocycles. The topological polar surface area (TPSA) is 0 Å². The van der Waals surface area contributed by atoms with Crippen molar-refractivity contribution in [3.05, 3.63) is 0 Å². The Morgan fingerprint density at radius 1 is 1.18 bits per heavy atom. The monoisotopic (exact) mass is 192 g/mol. The summed E-state index contributed by atoms with van der Waals surface area (Å²) in [7, 11) is 6.47. The van der Waals surface area contributed by atoms with Gasteiger partial charge in [0, 0.05) is 0 Å².